The van der Waals surface area contributed by atoms with Crippen molar-refractivity contribution in [1.82, 2.24) is 19.6 Å². The third-order valence-electron chi connectivity index (χ3n) is 3.62. The highest BCUT2D eigenvalue weighted by molar-refractivity contribution is 7.13. The first-order valence-corrected chi connectivity index (χ1v) is 9.19. The van der Waals surface area contributed by atoms with E-state index in [1.165, 1.54) is 15.7 Å². The van der Waals surface area contributed by atoms with Crippen molar-refractivity contribution in [2.45, 2.75) is 0 Å². The monoisotopic (exact) mass is 378 g/mol. The first-order valence-electron chi connectivity index (χ1n) is 7.43. The highest BCUT2D eigenvalue weighted by Gasteiger charge is 2.19. The maximum atomic E-state index is 13.0. The Morgan fingerprint density at radius 1 is 1.15 bits per heavy atom. The molecule has 126 valence electrons. The van der Waals surface area contributed by atoms with E-state index in [0.29, 0.717) is 5.69 Å². The first-order chi connectivity index (χ1) is 12.7. The lowest BCUT2D eigenvalue weighted by atomic mass is 10.2. The molecule has 0 unspecified atom stereocenters. The van der Waals surface area contributed by atoms with E-state index in [2.05, 4.69) is 15.2 Å². The summed E-state index contributed by atoms with van der Waals surface area (Å²) >= 11 is 2.94. The van der Waals surface area contributed by atoms with Crippen LogP contribution < -0.4 is 11.3 Å². The van der Waals surface area contributed by atoms with E-state index >= 15 is 0 Å². The van der Waals surface area contributed by atoms with Crippen molar-refractivity contribution in [3.8, 4) is 16.6 Å². The molecular formula is C17H10N6OS2. The van der Waals surface area contributed by atoms with Gasteiger partial charge in [-0.3, -0.25) is 4.79 Å². The zero-order valence-corrected chi connectivity index (χ0v) is 14.8. The van der Waals surface area contributed by atoms with Crippen LogP contribution in [0.5, 0.6) is 0 Å². The van der Waals surface area contributed by atoms with Crippen molar-refractivity contribution in [2.24, 2.45) is 0 Å². The molecule has 0 fully saturated rings. The van der Waals surface area contributed by atoms with Crippen molar-refractivity contribution < 1.29 is 0 Å². The summed E-state index contributed by atoms with van der Waals surface area (Å²) in [5, 5.41) is 21.3. The summed E-state index contributed by atoms with van der Waals surface area (Å²) < 4.78 is 1.29. The number of fused-ring (bicyclic) bond motifs is 1. The second kappa shape index (κ2) is 6.51. The average molecular weight is 378 g/mol. The summed E-state index contributed by atoms with van der Waals surface area (Å²) in [7, 11) is 0. The van der Waals surface area contributed by atoms with Gasteiger partial charge in [0.2, 0.25) is 0 Å². The fraction of sp³-hybridized carbons (Fsp3) is 0. The molecule has 0 spiro atoms. The smallest absolute Gasteiger partial charge is 0.285 e. The van der Waals surface area contributed by atoms with Gasteiger partial charge in [-0.1, -0.05) is 12.1 Å². The van der Waals surface area contributed by atoms with Crippen LogP contribution in [-0.4, -0.2) is 19.6 Å². The third-order valence-corrected chi connectivity index (χ3v) is 5.34. The van der Waals surface area contributed by atoms with E-state index in [4.69, 9.17) is 5.73 Å². The Labute approximate surface area is 155 Å². The largest absolute Gasteiger partial charge is 0.382 e. The van der Waals surface area contributed by atoms with Gasteiger partial charge in [-0.15, -0.1) is 32.9 Å². The number of nitriles is 1. The molecule has 0 amide bonds. The van der Waals surface area contributed by atoms with Crippen molar-refractivity contribution in [1.29, 1.82) is 5.26 Å². The van der Waals surface area contributed by atoms with E-state index < -0.39 is 5.56 Å². The van der Waals surface area contributed by atoms with E-state index in [0.717, 1.165) is 9.75 Å². The van der Waals surface area contributed by atoms with Crippen molar-refractivity contribution in [2.75, 3.05) is 5.73 Å². The molecule has 0 bridgehead atoms. The van der Waals surface area contributed by atoms with E-state index in [1.807, 2.05) is 41.1 Å². The summed E-state index contributed by atoms with van der Waals surface area (Å²) in [5.74, 6) is 0.0784. The summed E-state index contributed by atoms with van der Waals surface area (Å²) in [5.41, 5.74) is 6.17. The second-order valence-electron chi connectivity index (χ2n) is 5.18. The first kappa shape index (κ1) is 16.1. The standard InChI is InChI=1S/C17H10N6OS2/c18-9-11-14(13-4-2-8-26-13)23-16(24)12(6-5-10-3-1-7-25-10)21-22-17(23)20-15(11)19/h1-8H,(H2,19,20,22)/b6-5+. The van der Waals surface area contributed by atoms with Gasteiger partial charge < -0.3 is 5.73 Å². The van der Waals surface area contributed by atoms with E-state index in [1.54, 1.807) is 23.5 Å². The van der Waals surface area contributed by atoms with Gasteiger partial charge in [0.15, 0.2) is 5.69 Å². The Morgan fingerprint density at radius 2 is 1.96 bits per heavy atom. The number of nitrogens with zero attached hydrogens (tertiary/aromatic N) is 5. The van der Waals surface area contributed by atoms with Gasteiger partial charge in [0.05, 0.1) is 10.6 Å². The quantitative estimate of drug-likeness (QED) is 0.587. The molecule has 0 atom stereocenters. The maximum absolute atomic E-state index is 13.0. The number of nitrogen functional groups attached to an aromatic ring is 1. The Kier molecular flexibility index (Phi) is 4.04. The van der Waals surface area contributed by atoms with Crippen LogP contribution in [-0.2, 0) is 0 Å². The highest BCUT2D eigenvalue weighted by atomic mass is 32.1. The molecule has 0 aliphatic carbocycles. The fourth-order valence-electron chi connectivity index (χ4n) is 2.47. The van der Waals surface area contributed by atoms with Crippen LogP contribution in [0.4, 0.5) is 5.82 Å². The van der Waals surface area contributed by atoms with Crippen LogP contribution in [0.25, 0.3) is 28.5 Å². The molecular weight excluding hydrogens is 368 g/mol. The lowest BCUT2D eigenvalue weighted by Gasteiger charge is -2.10. The predicted octanol–water partition coefficient (Wildman–Crippen LogP) is 2.90. The molecule has 4 aromatic rings. The van der Waals surface area contributed by atoms with Gasteiger partial charge in [-0.05, 0) is 35.0 Å². The van der Waals surface area contributed by atoms with Crippen molar-refractivity contribution in [3.05, 3.63) is 61.5 Å². The topological polar surface area (TPSA) is 110 Å². The van der Waals surface area contributed by atoms with Gasteiger partial charge in [0.25, 0.3) is 11.3 Å². The van der Waals surface area contributed by atoms with Gasteiger partial charge in [0, 0.05) is 4.88 Å². The van der Waals surface area contributed by atoms with Crippen LogP contribution in [0.3, 0.4) is 0 Å². The Bertz CT molecular complexity index is 1220. The molecule has 26 heavy (non-hydrogen) atoms. The molecule has 0 aromatic carbocycles. The number of anilines is 1. The molecule has 0 aliphatic heterocycles. The van der Waals surface area contributed by atoms with Gasteiger partial charge in [-0.25, -0.2) is 4.40 Å². The SMILES string of the molecule is N#Cc1c(N)nc2nnc(/C=C/c3cccs3)c(=O)n2c1-c1cccs1. The summed E-state index contributed by atoms with van der Waals surface area (Å²) in [4.78, 5) is 18.8. The molecule has 2 N–H and O–H groups in total. The molecule has 9 heteroatoms. The molecule has 4 aromatic heterocycles. The van der Waals surface area contributed by atoms with Crippen LogP contribution in [0.2, 0.25) is 0 Å². The molecule has 0 saturated heterocycles. The number of hydrogen-bond acceptors (Lipinski definition) is 8. The summed E-state index contributed by atoms with van der Waals surface area (Å²) in [6, 6.07) is 9.54. The Hall–Kier alpha value is -3.35. The average Bonchev–Trinajstić information content (AvgIpc) is 3.34. The van der Waals surface area contributed by atoms with E-state index in [-0.39, 0.29) is 22.9 Å². The molecule has 4 rings (SSSR count). The second-order valence-corrected chi connectivity index (χ2v) is 7.11. The lowest BCUT2D eigenvalue weighted by molar-refractivity contribution is 0.898. The Morgan fingerprint density at radius 3 is 2.65 bits per heavy atom. The molecule has 0 saturated carbocycles. The van der Waals surface area contributed by atoms with Crippen molar-refractivity contribution >= 4 is 46.4 Å². The highest BCUT2D eigenvalue weighted by Crippen LogP contribution is 2.29. The van der Waals surface area contributed by atoms with E-state index in [9.17, 15) is 10.1 Å². The third kappa shape index (κ3) is 2.67. The van der Waals surface area contributed by atoms with Gasteiger partial charge in [-0.2, -0.15) is 10.2 Å². The zero-order chi connectivity index (χ0) is 18.1. The van der Waals surface area contributed by atoms with Gasteiger partial charge >= 0.3 is 0 Å². The minimum Gasteiger partial charge on any atom is -0.382 e. The molecule has 0 radical (unpaired) electrons. The normalized spacial score (nSPS) is 11.2. The fourth-order valence-corrected chi connectivity index (χ4v) is 3.85. The van der Waals surface area contributed by atoms with Crippen LogP contribution in [0.15, 0.2) is 39.8 Å². The predicted molar refractivity (Wildman–Crippen MR) is 103 cm³/mol. The summed E-state index contributed by atoms with van der Waals surface area (Å²) in [6.07, 6.45) is 3.40. The zero-order valence-electron chi connectivity index (χ0n) is 13.2. The molecule has 0 aliphatic rings. The summed E-state index contributed by atoms with van der Waals surface area (Å²) in [6.45, 7) is 0. The van der Waals surface area contributed by atoms with Crippen molar-refractivity contribution in [3.63, 3.8) is 0 Å². The lowest BCUT2D eigenvalue weighted by Crippen LogP contribution is -2.23. The Balaban J connectivity index is 2.02. The number of rotatable bonds is 3. The molecule has 7 nitrogen and oxygen atoms in total. The molecule has 4 heterocycles. The minimum atomic E-state index is -0.407. The van der Waals surface area contributed by atoms with Crippen LogP contribution in [0, 0.1) is 11.3 Å². The number of thiophene rings is 2. The maximum Gasteiger partial charge on any atom is 0.285 e. The number of hydrogen-bond donors (Lipinski definition) is 1. The van der Waals surface area contributed by atoms with Crippen LogP contribution in [0.1, 0.15) is 16.1 Å². The van der Waals surface area contributed by atoms with Gasteiger partial charge in [0.1, 0.15) is 17.5 Å². The number of aromatic nitrogens is 4. The number of nitrogens with two attached hydrogens (primary N) is 1. The minimum absolute atomic E-state index is 0.0199. The van der Waals surface area contributed by atoms with Crippen LogP contribution >= 0.6 is 22.7 Å².